The molecule has 1 saturated heterocycles. The first-order valence-corrected chi connectivity index (χ1v) is 6.39. The predicted octanol–water partition coefficient (Wildman–Crippen LogP) is 1.81. The highest BCUT2D eigenvalue weighted by molar-refractivity contribution is 5.97. The number of carbonyl (C=O) groups excluding carboxylic acids is 1. The fourth-order valence-electron chi connectivity index (χ4n) is 2.38. The van der Waals surface area contributed by atoms with E-state index in [4.69, 9.17) is 5.11 Å². The second kappa shape index (κ2) is 5.86. The zero-order chi connectivity index (χ0) is 15.6. The third-order valence-corrected chi connectivity index (χ3v) is 3.44. The first-order chi connectivity index (χ1) is 9.91. The molecule has 21 heavy (non-hydrogen) atoms. The van der Waals surface area contributed by atoms with Gasteiger partial charge in [0.15, 0.2) is 0 Å². The molecule has 0 spiro atoms. The summed E-state index contributed by atoms with van der Waals surface area (Å²) in [6.45, 7) is 0.265. The van der Waals surface area contributed by atoms with E-state index in [-0.39, 0.29) is 12.1 Å². The number of amides is 1. The van der Waals surface area contributed by atoms with Gasteiger partial charge in [-0.15, -0.1) is 0 Å². The summed E-state index contributed by atoms with van der Waals surface area (Å²) in [7, 11) is 0. The Morgan fingerprint density at radius 2 is 2.10 bits per heavy atom. The van der Waals surface area contributed by atoms with Crippen LogP contribution in [0.25, 0.3) is 0 Å². The lowest BCUT2D eigenvalue weighted by Crippen LogP contribution is -2.48. The van der Waals surface area contributed by atoms with Gasteiger partial charge >= 0.3 is 11.7 Å². The number of nitro groups is 1. The molecule has 1 aromatic carbocycles. The Labute approximate surface area is 119 Å². The number of carboxylic acid groups (broad SMARTS) is 1. The molecular formula is C13H13FN2O5. The standard InChI is InChI=1S/C13H13FN2O5/c14-9-5-4-8(7-11(9)16(20)21)12(17)15-6-2-1-3-10(15)13(18)19/h4-5,7,10H,1-3,6H2,(H,18,19)/t10-/m1/s1. The van der Waals surface area contributed by atoms with Gasteiger partial charge in [0, 0.05) is 18.2 Å². The highest BCUT2D eigenvalue weighted by atomic mass is 19.1. The SMILES string of the molecule is O=C(O)[C@H]1CCCCN1C(=O)c1ccc(F)c([N+](=O)[O-])c1. The fraction of sp³-hybridized carbons (Fsp3) is 0.385. The first kappa shape index (κ1) is 14.9. The van der Waals surface area contributed by atoms with E-state index in [0.717, 1.165) is 18.2 Å². The van der Waals surface area contributed by atoms with Crippen molar-refractivity contribution in [2.24, 2.45) is 0 Å². The van der Waals surface area contributed by atoms with Crippen molar-refractivity contribution >= 4 is 17.6 Å². The molecule has 8 heteroatoms. The summed E-state index contributed by atoms with van der Waals surface area (Å²) in [5.74, 6) is -2.78. The Hall–Kier alpha value is -2.51. The number of hydrogen-bond donors (Lipinski definition) is 1. The lowest BCUT2D eigenvalue weighted by atomic mass is 10.0. The highest BCUT2D eigenvalue weighted by Crippen LogP contribution is 2.23. The lowest BCUT2D eigenvalue weighted by molar-refractivity contribution is -0.387. The number of nitro benzene ring substituents is 1. The molecule has 0 bridgehead atoms. The number of carbonyl (C=O) groups is 2. The van der Waals surface area contributed by atoms with Crippen molar-refractivity contribution in [1.29, 1.82) is 0 Å². The van der Waals surface area contributed by atoms with Crippen LogP contribution in [0, 0.1) is 15.9 Å². The van der Waals surface area contributed by atoms with Crippen molar-refractivity contribution in [1.82, 2.24) is 4.90 Å². The van der Waals surface area contributed by atoms with Gasteiger partial charge in [-0.3, -0.25) is 14.9 Å². The zero-order valence-corrected chi connectivity index (χ0v) is 11.0. The third-order valence-electron chi connectivity index (χ3n) is 3.44. The molecule has 0 radical (unpaired) electrons. The van der Waals surface area contributed by atoms with Crippen molar-refractivity contribution in [3.05, 3.63) is 39.7 Å². The zero-order valence-electron chi connectivity index (χ0n) is 11.0. The summed E-state index contributed by atoms with van der Waals surface area (Å²) in [6.07, 6.45) is 1.70. The monoisotopic (exact) mass is 296 g/mol. The molecular weight excluding hydrogens is 283 g/mol. The molecule has 2 rings (SSSR count). The van der Waals surface area contributed by atoms with Crippen LogP contribution in [0.15, 0.2) is 18.2 Å². The molecule has 0 saturated carbocycles. The number of rotatable bonds is 3. The van der Waals surface area contributed by atoms with Crippen LogP contribution in [0.1, 0.15) is 29.6 Å². The van der Waals surface area contributed by atoms with Gasteiger partial charge in [-0.25, -0.2) is 4.79 Å². The summed E-state index contributed by atoms with van der Waals surface area (Å²) in [4.78, 5) is 34.4. The van der Waals surface area contributed by atoms with Gasteiger partial charge in [0.25, 0.3) is 5.91 Å². The average molecular weight is 296 g/mol. The van der Waals surface area contributed by atoms with Crippen molar-refractivity contribution < 1.29 is 24.0 Å². The molecule has 1 aromatic rings. The molecule has 1 aliphatic rings. The average Bonchev–Trinajstić information content (AvgIpc) is 2.46. The van der Waals surface area contributed by atoms with Crippen molar-refractivity contribution in [2.75, 3.05) is 6.54 Å². The van der Waals surface area contributed by atoms with E-state index in [2.05, 4.69) is 0 Å². The molecule has 1 N–H and O–H groups in total. The molecule has 1 heterocycles. The number of benzene rings is 1. The second-order valence-electron chi connectivity index (χ2n) is 4.77. The van der Waals surface area contributed by atoms with E-state index in [1.807, 2.05) is 0 Å². The number of hydrogen-bond acceptors (Lipinski definition) is 4. The van der Waals surface area contributed by atoms with Crippen LogP contribution in [0.3, 0.4) is 0 Å². The minimum Gasteiger partial charge on any atom is -0.480 e. The van der Waals surface area contributed by atoms with Gasteiger partial charge in [-0.05, 0) is 31.4 Å². The number of halogens is 1. The van der Waals surface area contributed by atoms with Crippen LogP contribution in [0.4, 0.5) is 10.1 Å². The molecule has 112 valence electrons. The Kier molecular flexibility index (Phi) is 4.15. The van der Waals surface area contributed by atoms with E-state index in [1.54, 1.807) is 0 Å². The first-order valence-electron chi connectivity index (χ1n) is 6.39. The third kappa shape index (κ3) is 2.99. The van der Waals surface area contributed by atoms with E-state index >= 15 is 0 Å². The van der Waals surface area contributed by atoms with Crippen molar-refractivity contribution in [2.45, 2.75) is 25.3 Å². The Morgan fingerprint density at radius 1 is 1.38 bits per heavy atom. The minimum atomic E-state index is -1.11. The molecule has 1 amide bonds. The maximum Gasteiger partial charge on any atom is 0.326 e. The summed E-state index contributed by atoms with van der Waals surface area (Å²) in [6, 6.07) is 1.85. The number of piperidine rings is 1. The van der Waals surface area contributed by atoms with Crippen LogP contribution in [0.5, 0.6) is 0 Å². The van der Waals surface area contributed by atoms with Crippen molar-refractivity contribution in [3.8, 4) is 0 Å². The number of likely N-dealkylation sites (tertiary alicyclic amines) is 1. The fourth-order valence-corrected chi connectivity index (χ4v) is 2.38. The molecule has 0 unspecified atom stereocenters. The van der Waals surface area contributed by atoms with Crippen molar-refractivity contribution in [3.63, 3.8) is 0 Å². The smallest absolute Gasteiger partial charge is 0.326 e. The second-order valence-corrected chi connectivity index (χ2v) is 4.77. The summed E-state index contributed by atoms with van der Waals surface area (Å²) < 4.78 is 13.3. The van der Waals surface area contributed by atoms with Gasteiger partial charge in [-0.1, -0.05) is 0 Å². The number of carboxylic acids is 1. The molecule has 1 fully saturated rings. The van der Waals surface area contributed by atoms with Gasteiger partial charge in [0.2, 0.25) is 5.82 Å². The summed E-state index contributed by atoms with van der Waals surface area (Å²) in [5, 5.41) is 19.8. The van der Waals surface area contributed by atoms with Crippen LogP contribution in [-0.4, -0.2) is 39.4 Å². The molecule has 0 aromatic heterocycles. The predicted molar refractivity (Wildman–Crippen MR) is 69.4 cm³/mol. The molecule has 0 aliphatic carbocycles. The Bertz CT molecular complexity index is 604. The summed E-state index contributed by atoms with van der Waals surface area (Å²) >= 11 is 0. The maximum atomic E-state index is 13.3. The van der Waals surface area contributed by atoms with E-state index in [0.29, 0.717) is 19.3 Å². The normalized spacial score (nSPS) is 18.3. The van der Waals surface area contributed by atoms with Crippen LogP contribution in [0.2, 0.25) is 0 Å². The van der Waals surface area contributed by atoms with Crippen LogP contribution in [-0.2, 0) is 4.79 Å². The van der Waals surface area contributed by atoms with Crippen LogP contribution >= 0.6 is 0 Å². The van der Waals surface area contributed by atoms with E-state index in [9.17, 15) is 24.1 Å². The van der Waals surface area contributed by atoms with Gasteiger partial charge in [-0.2, -0.15) is 4.39 Å². The van der Waals surface area contributed by atoms with E-state index in [1.165, 1.54) is 4.90 Å². The summed E-state index contributed by atoms with van der Waals surface area (Å²) in [5.41, 5.74) is -0.888. The Balaban J connectivity index is 2.32. The maximum absolute atomic E-state index is 13.3. The quantitative estimate of drug-likeness (QED) is 0.677. The minimum absolute atomic E-state index is 0.0868. The lowest BCUT2D eigenvalue weighted by Gasteiger charge is -2.32. The van der Waals surface area contributed by atoms with Gasteiger partial charge in [0.05, 0.1) is 4.92 Å². The largest absolute Gasteiger partial charge is 0.480 e. The molecule has 1 aliphatic heterocycles. The highest BCUT2D eigenvalue weighted by Gasteiger charge is 2.33. The van der Waals surface area contributed by atoms with Gasteiger partial charge in [0.1, 0.15) is 6.04 Å². The number of aliphatic carboxylic acids is 1. The van der Waals surface area contributed by atoms with Crippen LogP contribution < -0.4 is 0 Å². The number of nitrogens with zero attached hydrogens (tertiary/aromatic N) is 2. The van der Waals surface area contributed by atoms with E-state index < -0.39 is 34.3 Å². The Morgan fingerprint density at radius 3 is 2.71 bits per heavy atom. The molecule has 7 nitrogen and oxygen atoms in total. The molecule has 1 atom stereocenters. The topological polar surface area (TPSA) is 101 Å². The van der Waals surface area contributed by atoms with Gasteiger partial charge < -0.3 is 10.0 Å².